The van der Waals surface area contributed by atoms with Gasteiger partial charge in [-0.15, -0.1) is 0 Å². The smallest absolute Gasteiger partial charge is 0.227 e. The molecule has 2 N–H and O–H groups in total. The first-order valence-corrected chi connectivity index (χ1v) is 15.1. The molecule has 6 rings (SSSR count). The van der Waals surface area contributed by atoms with E-state index in [1.165, 1.54) is 37.7 Å². The summed E-state index contributed by atoms with van der Waals surface area (Å²) < 4.78 is 0. The number of piperidine rings is 2. The van der Waals surface area contributed by atoms with Crippen molar-refractivity contribution >= 4 is 22.8 Å². The van der Waals surface area contributed by atoms with Gasteiger partial charge in [-0.1, -0.05) is 61.4 Å². The number of benzene rings is 1. The molecular weight excluding hydrogens is 466 g/mol. The van der Waals surface area contributed by atoms with Gasteiger partial charge in [-0.05, 0) is 43.1 Å². The lowest BCUT2D eigenvalue weighted by atomic mass is 9.69. The van der Waals surface area contributed by atoms with Crippen LogP contribution in [0, 0.1) is 17.3 Å². The second-order valence-electron chi connectivity index (χ2n) is 12.1. The van der Waals surface area contributed by atoms with Gasteiger partial charge in [-0.25, -0.2) is 0 Å². The van der Waals surface area contributed by atoms with Crippen molar-refractivity contribution in [3.8, 4) is 0 Å². The van der Waals surface area contributed by atoms with Gasteiger partial charge < -0.3 is 20.4 Å². The summed E-state index contributed by atoms with van der Waals surface area (Å²) in [6.45, 7) is 4.45. The quantitative estimate of drug-likeness (QED) is 0.653. The van der Waals surface area contributed by atoms with Crippen LogP contribution >= 0.6 is 11.8 Å². The normalized spacial score (nSPS) is 37.1. The van der Waals surface area contributed by atoms with E-state index in [1.54, 1.807) is 0 Å². The fourth-order valence-electron chi connectivity index (χ4n) is 7.92. The topological polar surface area (TPSA) is 60.0 Å². The highest BCUT2D eigenvalue weighted by molar-refractivity contribution is 8.14. The van der Waals surface area contributed by atoms with Gasteiger partial charge in [-0.3, -0.25) is 9.79 Å². The molecule has 1 spiro atoms. The molecule has 0 bridgehead atoms. The molecule has 36 heavy (non-hydrogen) atoms. The van der Waals surface area contributed by atoms with Crippen LogP contribution in [0.1, 0.15) is 56.4 Å². The molecule has 196 valence electrons. The molecule has 1 aliphatic carbocycles. The van der Waals surface area contributed by atoms with E-state index >= 15 is 0 Å². The molecule has 1 saturated carbocycles. The minimum absolute atomic E-state index is 0.0291. The Balaban J connectivity index is 1.26. The summed E-state index contributed by atoms with van der Waals surface area (Å²) in [7, 11) is 4.18. The van der Waals surface area contributed by atoms with Crippen LogP contribution in [-0.2, 0) is 4.79 Å². The highest BCUT2D eigenvalue weighted by Crippen LogP contribution is 2.50. The van der Waals surface area contributed by atoms with Crippen LogP contribution in [0.25, 0.3) is 0 Å². The van der Waals surface area contributed by atoms with Crippen molar-refractivity contribution in [3.05, 3.63) is 35.9 Å². The van der Waals surface area contributed by atoms with Crippen molar-refractivity contribution in [2.24, 2.45) is 22.2 Å². The van der Waals surface area contributed by atoms with Crippen LogP contribution in [0.15, 0.2) is 35.3 Å². The number of carbonyl (C=O) groups excluding carboxylic acids is 1. The summed E-state index contributed by atoms with van der Waals surface area (Å²) in [5.74, 6) is 1.67. The number of hydrogen-bond acceptors (Lipinski definition) is 6. The van der Waals surface area contributed by atoms with Crippen molar-refractivity contribution in [1.82, 2.24) is 20.4 Å². The van der Waals surface area contributed by atoms with E-state index in [0.29, 0.717) is 29.0 Å². The van der Waals surface area contributed by atoms with Gasteiger partial charge in [0.05, 0.1) is 12.0 Å². The first-order valence-electron chi connectivity index (χ1n) is 14.3. The van der Waals surface area contributed by atoms with E-state index in [1.807, 2.05) is 11.8 Å². The minimum atomic E-state index is -0.0701. The average Bonchev–Trinajstić information content (AvgIpc) is 3.55. The van der Waals surface area contributed by atoms with E-state index in [0.717, 1.165) is 50.7 Å². The first-order chi connectivity index (χ1) is 17.6. The summed E-state index contributed by atoms with van der Waals surface area (Å²) in [6.07, 6.45) is 8.78. The van der Waals surface area contributed by atoms with Crippen molar-refractivity contribution < 1.29 is 4.79 Å². The van der Waals surface area contributed by atoms with E-state index < -0.39 is 0 Å². The molecule has 4 heterocycles. The number of amidine groups is 1. The Morgan fingerprint density at radius 2 is 1.81 bits per heavy atom. The lowest BCUT2D eigenvalue weighted by Crippen LogP contribution is -2.62. The molecule has 0 aromatic heterocycles. The van der Waals surface area contributed by atoms with Gasteiger partial charge in [0.1, 0.15) is 0 Å². The molecule has 6 unspecified atom stereocenters. The molecule has 7 heteroatoms. The number of rotatable bonds is 3. The number of nitrogens with zero attached hydrogens (tertiary/aromatic N) is 3. The zero-order valence-electron chi connectivity index (χ0n) is 22.0. The Hall–Kier alpha value is -1.57. The third kappa shape index (κ3) is 4.39. The predicted molar refractivity (Wildman–Crippen MR) is 148 cm³/mol. The van der Waals surface area contributed by atoms with Crippen LogP contribution in [-0.4, -0.2) is 85.0 Å². The fraction of sp³-hybridized carbons (Fsp3) is 0.724. The number of aliphatic imine (C=N–C) groups is 1. The van der Waals surface area contributed by atoms with E-state index in [-0.39, 0.29) is 17.4 Å². The van der Waals surface area contributed by atoms with Crippen molar-refractivity contribution in [2.75, 3.05) is 46.8 Å². The molecule has 1 aromatic rings. The Morgan fingerprint density at radius 1 is 1.06 bits per heavy atom. The first kappa shape index (κ1) is 24.7. The molecule has 0 radical (unpaired) electrons. The van der Waals surface area contributed by atoms with Crippen molar-refractivity contribution in [2.45, 2.75) is 68.2 Å². The van der Waals surface area contributed by atoms with Gasteiger partial charge in [-0.2, -0.15) is 0 Å². The molecule has 1 aromatic carbocycles. The Bertz CT molecular complexity index is 964. The summed E-state index contributed by atoms with van der Waals surface area (Å²) in [6, 6.07) is 11.7. The number of amides is 1. The van der Waals surface area contributed by atoms with Gasteiger partial charge >= 0.3 is 0 Å². The van der Waals surface area contributed by atoms with Gasteiger partial charge in [0, 0.05) is 63.5 Å². The fourth-order valence-corrected chi connectivity index (χ4v) is 9.43. The van der Waals surface area contributed by atoms with Crippen molar-refractivity contribution in [1.29, 1.82) is 0 Å². The standard InChI is InChI=1S/C29H43N5OS/c1-33(2)28-32-24-17-31-19-29(26(24)36-28)18-30-16-23(29)27(35)34-14-13-22(20-9-5-3-6-10-20)15-25(34)21-11-7-4-8-12-21/h3,5-6,9-10,21-26,30-31H,4,7-8,11-19H2,1-2H3. The molecule has 6 nitrogen and oxygen atoms in total. The maximum Gasteiger partial charge on any atom is 0.227 e. The van der Waals surface area contributed by atoms with E-state index in [4.69, 9.17) is 4.99 Å². The molecule has 5 aliphatic rings. The lowest BCUT2D eigenvalue weighted by Gasteiger charge is -2.49. The largest absolute Gasteiger partial charge is 0.358 e. The van der Waals surface area contributed by atoms with Gasteiger partial charge in [0.2, 0.25) is 5.91 Å². The zero-order valence-corrected chi connectivity index (χ0v) is 22.8. The SMILES string of the molecule is CN(C)C1=NC2CNCC3(CNCC3C(=O)N3CCC(c4ccccc4)CC3C3CCCCC3)C2S1. The summed E-state index contributed by atoms with van der Waals surface area (Å²) >= 11 is 1.92. The maximum atomic E-state index is 14.6. The third-order valence-electron chi connectivity index (χ3n) is 9.80. The highest BCUT2D eigenvalue weighted by atomic mass is 32.2. The number of thioether (sulfide) groups is 1. The zero-order chi connectivity index (χ0) is 24.7. The molecule has 4 aliphatic heterocycles. The Kier molecular flexibility index (Phi) is 7.08. The molecule has 1 amide bonds. The van der Waals surface area contributed by atoms with Crippen LogP contribution in [0.3, 0.4) is 0 Å². The van der Waals surface area contributed by atoms with E-state index in [2.05, 4.69) is 64.9 Å². The molecule has 6 atom stereocenters. The molecular formula is C29H43N5OS. The summed E-state index contributed by atoms with van der Waals surface area (Å²) in [5, 5.41) is 8.85. The Morgan fingerprint density at radius 3 is 2.56 bits per heavy atom. The monoisotopic (exact) mass is 509 g/mol. The van der Waals surface area contributed by atoms with Gasteiger partial charge in [0.25, 0.3) is 0 Å². The van der Waals surface area contributed by atoms with Crippen LogP contribution in [0.4, 0.5) is 0 Å². The van der Waals surface area contributed by atoms with Crippen molar-refractivity contribution in [3.63, 3.8) is 0 Å². The molecule has 4 fully saturated rings. The minimum Gasteiger partial charge on any atom is -0.358 e. The van der Waals surface area contributed by atoms with Crippen LogP contribution < -0.4 is 10.6 Å². The Labute approximate surface area is 221 Å². The second kappa shape index (κ2) is 10.3. The maximum absolute atomic E-state index is 14.6. The van der Waals surface area contributed by atoms with Crippen LogP contribution in [0.2, 0.25) is 0 Å². The van der Waals surface area contributed by atoms with Gasteiger partial charge in [0.15, 0.2) is 5.17 Å². The van der Waals surface area contributed by atoms with E-state index in [9.17, 15) is 4.79 Å². The summed E-state index contributed by atoms with van der Waals surface area (Å²) in [5.41, 5.74) is 1.39. The lowest BCUT2D eigenvalue weighted by molar-refractivity contribution is -0.144. The predicted octanol–water partition coefficient (Wildman–Crippen LogP) is 3.55. The number of hydrogen-bond donors (Lipinski definition) is 2. The number of fused-ring (bicyclic) bond motifs is 2. The third-order valence-corrected chi connectivity index (χ3v) is 11.5. The molecule has 3 saturated heterocycles. The van der Waals surface area contributed by atoms with Crippen LogP contribution in [0.5, 0.6) is 0 Å². The number of carbonyl (C=O) groups is 1. The number of nitrogens with one attached hydrogen (secondary N) is 2. The average molecular weight is 510 g/mol. The highest BCUT2D eigenvalue weighted by Gasteiger charge is 2.59. The summed E-state index contributed by atoms with van der Waals surface area (Å²) in [4.78, 5) is 24.2. The second-order valence-corrected chi connectivity index (χ2v) is 13.2. The number of likely N-dealkylation sites (tertiary alicyclic amines) is 1.